The Bertz CT molecular complexity index is 1370. The number of aromatic nitrogens is 3. The summed E-state index contributed by atoms with van der Waals surface area (Å²) in [7, 11) is 0. The number of nitrogens with one attached hydrogen (secondary N) is 2. The van der Waals surface area contributed by atoms with Gasteiger partial charge in [-0.25, -0.2) is 4.79 Å². The summed E-state index contributed by atoms with van der Waals surface area (Å²) in [5, 5.41) is 17.0. The number of hydrogen-bond donors (Lipinski definition) is 3. The molecule has 1 atom stereocenters. The second-order valence-corrected chi connectivity index (χ2v) is 7.85. The number of carbonyl (C=O) groups is 1. The molecule has 0 spiro atoms. The van der Waals surface area contributed by atoms with Crippen LogP contribution in [0.25, 0.3) is 22.0 Å². The van der Waals surface area contributed by atoms with Crippen LogP contribution in [0.5, 0.6) is 0 Å². The van der Waals surface area contributed by atoms with E-state index >= 15 is 0 Å². The highest BCUT2D eigenvalue weighted by atomic mass is 16.5. The summed E-state index contributed by atoms with van der Waals surface area (Å²) in [4.78, 5) is 19.1. The van der Waals surface area contributed by atoms with Gasteiger partial charge in [-0.1, -0.05) is 78.0 Å². The SMILES string of the molecule is O=C(O)N[C@@H](Cc1c[nH]c2ccccc12)c1nc(Cc2ccc(-c3ccccc3)cc2)no1. The molecule has 5 aromatic rings. The largest absolute Gasteiger partial charge is 0.465 e. The molecule has 0 saturated heterocycles. The van der Waals surface area contributed by atoms with E-state index in [1.165, 1.54) is 0 Å². The molecular formula is C26H22N4O3. The van der Waals surface area contributed by atoms with Crippen LogP contribution in [0.4, 0.5) is 4.79 Å². The van der Waals surface area contributed by atoms with E-state index in [4.69, 9.17) is 4.52 Å². The van der Waals surface area contributed by atoms with Crippen LogP contribution in [0.2, 0.25) is 0 Å². The maximum absolute atomic E-state index is 11.4. The third-order valence-corrected chi connectivity index (χ3v) is 5.60. The number of para-hydroxylation sites is 1. The minimum Gasteiger partial charge on any atom is -0.465 e. The lowest BCUT2D eigenvalue weighted by Crippen LogP contribution is -2.28. The van der Waals surface area contributed by atoms with Crippen LogP contribution in [0.3, 0.4) is 0 Å². The Balaban J connectivity index is 1.33. The molecule has 2 heterocycles. The molecule has 5 rings (SSSR count). The van der Waals surface area contributed by atoms with E-state index in [2.05, 4.69) is 44.7 Å². The van der Waals surface area contributed by atoms with E-state index in [9.17, 15) is 9.90 Å². The minimum atomic E-state index is -1.14. The Morgan fingerprint density at radius 3 is 2.48 bits per heavy atom. The molecule has 0 aliphatic rings. The summed E-state index contributed by atoms with van der Waals surface area (Å²) in [6.07, 6.45) is 1.62. The van der Waals surface area contributed by atoms with E-state index in [0.29, 0.717) is 18.7 Å². The third-order valence-electron chi connectivity index (χ3n) is 5.60. The van der Waals surface area contributed by atoms with Gasteiger partial charge in [-0.15, -0.1) is 0 Å². The van der Waals surface area contributed by atoms with Gasteiger partial charge in [0.1, 0.15) is 6.04 Å². The molecule has 0 aliphatic heterocycles. The molecule has 7 nitrogen and oxygen atoms in total. The van der Waals surface area contributed by atoms with Gasteiger partial charge in [0.2, 0.25) is 5.89 Å². The zero-order chi connectivity index (χ0) is 22.6. The van der Waals surface area contributed by atoms with Gasteiger partial charge in [0, 0.05) is 29.9 Å². The third kappa shape index (κ3) is 4.62. The predicted molar refractivity (Wildman–Crippen MR) is 125 cm³/mol. The zero-order valence-corrected chi connectivity index (χ0v) is 17.7. The first-order chi connectivity index (χ1) is 16.2. The van der Waals surface area contributed by atoms with Crippen molar-refractivity contribution in [3.8, 4) is 11.1 Å². The van der Waals surface area contributed by atoms with Gasteiger partial charge in [0.15, 0.2) is 5.82 Å². The van der Waals surface area contributed by atoms with E-state index in [1.807, 2.05) is 60.8 Å². The maximum atomic E-state index is 11.4. The highest BCUT2D eigenvalue weighted by Gasteiger charge is 2.23. The lowest BCUT2D eigenvalue weighted by Gasteiger charge is -2.12. The number of hydrogen-bond acceptors (Lipinski definition) is 4. The Morgan fingerprint density at radius 1 is 0.970 bits per heavy atom. The first-order valence-electron chi connectivity index (χ1n) is 10.7. The van der Waals surface area contributed by atoms with Crippen LogP contribution >= 0.6 is 0 Å². The van der Waals surface area contributed by atoms with Crippen molar-refractivity contribution in [3.05, 3.63) is 108 Å². The second kappa shape index (κ2) is 9.00. The summed E-state index contributed by atoms with van der Waals surface area (Å²) in [5.74, 6) is 0.757. The van der Waals surface area contributed by atoms with E-state index in [0.717, 1.165) is 33.2 Å². The van der Waals surface area contributed by atoms with Crippen molar-refractivity contribution >= 4 is 17.0 Å². The van der Waals surface area contributed by atoms with Crippen LogP contribution in [-0.2, 0) is 12.8 Å². The van der Waals surface area contributed by atoms with Gasteiger partial charge in [0.25, 0.3) is 0 Å². The molecule has 7 heteroatoms. The van der Waals surface area contributed by atoms with Crippen molar-refractivity contribution in [2.75, 3.05) is 0 Å². The Morgan fingerprint density at radius 2 is 1.70 bits per heavy atom. The molecule has 0 radical (unpaired) electrons. The molecule has 33 heavy (non-hydrogen) atoms. The fourth-order valence-electron chi connectivity index (χ4n) is 3.98. The Hall–Kier alpha value is -4.39. The van der Waals surface area contributed by atoms with Crippen molar-refractivity contribution in [2.45, 2.75) is 18.9 Å². The fraction of sp³-hybridized carbons (Fsp3) is 0.115. The number of nitrogens with zero attached hydrogens (tertiary/aromatic N) is 2. The quantitative estimate of drug-likeness (QED) is 0.317. The van der Waals surface area contributed by atoms with Crippen LogP contribution in [-0.4, -0.2) is 26.3 Å². The van der Waals surface area contributed by atoms with Crippen molar-refractivity contribution in [1.82, 2.24) is 20.4 Å². The van der Waals surface area contributed by atoms with Crippen molar-refractivity contribution in [3.63, 3.8) is 0 Å². The number of benzene rings is 3. The Labute approximate surface area is 190 Å². The number of rotatable bonds is 7. The van der Waals surface area contributed by atoms with Crippen LogP contribution in [0.1, 0.15) is 28.9 Å². The molecule has 1 amide bonds. The normalized spacial score (nSPS) is 12.0. The molecule has 3 aromatic carbocycles. The van der Waals surface area contributed by atoms with E-state index in [-0.39, 0.29) is 5.89 Å². The number of fused-ring (bicyclic) bond motifs is 1. The first-order valence-corrected chi connectivity index (χ1v) is 10.7. The summed E-state index contributed by atoms with van der Waals surface area (Å²) >= 11 is 0. The molecule has 0 bridgehead atoms. The van der Waals surface area contributed by atoms with Gasteiger partial charge in [0.05, 0.1) is 0 Å². The van der Waals surface area contributed by atoms with Crippen LogP contribution < -0.4 is 5.32 Å². The molecule has 0 unspecified atom stereocenters. The number of amides is 1. The van der Waals surface area contributed by atoms with E-state index < -0.39 is 12.1 Å². The number of aromatic amines is 1. The van der Waals surface area contributed by atoms with E-state index in [1.54, 1.807) is 0 Å². The summed E-state index contributed by atoms with van der Waals surface area (Å²) in [5.41, 5.74) is 5.30. The molecule has 0 fully saturated rings. The van der Waals surface area contributed by atoms with Gasteiger partial charge >= 0.3 is 6.09 Å². The molecular weight excluding hydrogens is 416 g/mol. The van der Waals surface area contributed by atoms with Crippen LogP contribution in [0.15, 0.2) is 89.6 Å². The lowest BCUT2D eigenvalue weighted by atomic mass is 10.0. The number of H-pyrrole nitrogens is 1. The van der Waals surface area contributed by atoms with Gasteiger partial charge in [-0.2, -0.15) is 4.98 Å². The maximum Gasteiger partial charge on any atom is 0.405 e. The fourth-order valence-corrected chi connectivity index (χ4v) is 3.98. The predicted octanol–water partition coefficient (Wildman–Crippen LogP) is 5.36. The number of carboxylic acid groups (broad SMARTS) is 1. The van der Waals surface area contributed by atoms with Gasteiger partial charge < -0.3 is 19.9 Å². The summed E-state index contributed by atoms with van der Waals surface area (Å²) in [6.45, 7) is 0. The van der Waals surface area contributed by atoms with Gasteiger partial charge in [-0.05, 0) is 28.3 Å². The van der Waals surface area contributed by atoms with Crippen LogP contribution in [0, 0.1) is 0 Å². The molecule has 164 valence electrons. The van der Waals surface area contributed by atoms with Crippen molar-refractivity contribution in [2.24, 2.45) is 0 Å². The highest BCUT2D eigenvalue weighted by Crippen LogP contribution is 2.25. The van der Waals surface area contributed by atoms with Crippen molar-refractivity contribution < 1.29 is 14.4 Å². The first kappa shape index (κ1) is 20.5. The molecule has 0 aliphatic carbocycles. The smallest absolute Gasteiger partial charge is 0.405 e. The highest BCUT2D eigenvalue weighted by molar-refractivity contribution is 5.83. The van der Waals surface area contributed by atoms with Gasteiger partial charge in [-0.3, -0.25) is 0 Å². The molecule has 2 aromatic heterocycles. The standard InChI is InChI=1S/C26H22N4O3/c31-26(32)28-23(15-20-16-27-22-9-5-4-8-21(20)22)25-29-24(30-33-25)14-17-10-12-19(13-11-17)18-6-2-1-3-7-18/h1-13,16,23,27-28H,14-15H2,(H,31,32)/t23-/m0/s1. The molecule has 0 saturated carbocycles. The minimum absolute atomic E-state index is 0.249. The Kier molecular flexibility index (Phi) is 5.59. The lowest BCUT2D eigenvalue weighted by molar-refractivity contribution is 0.186. The average Bonchev–Trinajstić information content (AvgIpc) is 3.47. The summed E-state index contributed by atoms with van der Waals surface area (Å²) < 4.78 is 5.46. The zero-order valence-electron chi connectivity index (χ0n) is 17.7. The van der Waals surface area contributed by atoms with Crippen molar-refractivity contribution in [1.29, 1.82) is 0 Å². The summed E-state index contributed by atoms with van der Waals surface area (Å²) in [6, 6.07) is 25.6. The monoisotopic (exact) mass is 438 g/mol. The molecule has 3 N–H and O–H groups in total. The average molecular weight is 438 g/mol. The second-order valence-electron chi connectivity index (χ2n) is 7.85. The topological polar surface area (TPSA) is 104 Å².